The van der Waals surface area contributed by atoms with Crippen molar-refractivity contribution in [3.8, 4) is 11.4 Å². The lowest BCUT2D eigenvalue weighted by Crippen LogP contribution is -2.46. The van der Waals surface area contributed by atoms with Gasteiger partial charge in [0.25, 0.3) is 0 Å². The van der Waals surface area contributed by atoms with Crippen LogP contribution in [0.4, 0.5) is 0 Å². The fourth-order valence-corrected chi connectivity index (χ4v) is 4.01. The topological polar surface area (TPSA) is 67.2 Å². The first-order valence-corrected chi connectivity index (χ1v) is 10.2. The van der Waals surface area contributed by atoms with E-state index in [1.54, 1.807) is 7.11 Å². The minimum absolute atomic E-state index is 0. The molecule has 2 saturated heterocycles. The van der Waals surface area contributed by atoms with Crippen LogP contribution in [0.3, 0.4) is 0 Å². The van der Waals surface area contributed by atoms with Crippen LogP contribution >= 0.6 is 24.0 Å². The highest BCUT2D eigenvalue weighted by Gasteiger charge is 2.30. The van der Waals surface area contributed by atoms with Gasteiger partial charge in [0, 0.05) is 45.5 Å². The van der Waals surface area contributed by atoms with Gasteiger partial charge in [-0.15, -0.1) is 24.0 Å². The number of aromatic nitrogens is 2. The molecule has 9 heteroatoms. The average Bonchev–Trinajstić information content (AvgIpc) is 3.45. The van der Waals surface area contributed by atoms with Crippen LogP contribution in [0.15, 0.2) is 41.5 Å². The lowest BCUT2D eigenvalue weighted by molar-refractivity contribution is 0.0195. The second kappa shape index (κ2) is 11.0. The van der Waals surface area contributed by atoms with Crippen LogP contribution in [0.1, 0.15) is 12.1 Å². The van der Waals surface area contributed by atoms with E-state index < -0.39 is 0 Å². The molecule has 1 N–H and O–H groups in total. The van der Waals surface area contributed by atoms with Crippen molar-refractivity contribution in [1.29, 1.82) is 0 Å². The number of aliphatic imine (C=N–C) groups is 1. The van der Waals surface area contributed by atoms with Gasteiger partial charge in [0.15, 0.2) is 5.96 Å². The normalized spacial score (nSPS) is 20.1. The molecule has 2 aromatic rings. The Morgan fingerprint density at radius 2 is 1.97 bits per heavy atom. The highest BCUT2D eigenvalue weighted by molar-refractivity contribution is 14.0. The van der Waals surface area contributed by atoms with E-state index in [1.165, 1.54) is 6.42 Å². The van der Waals surface area contributed by atoms with Crippen LogP contribution in [0.2, 0.25) is 0 Å². The Bertz CT molecular complexity index is 819. The molecule has 0 saturated carbocycles. The molecule has 30 heavy (non-hydrogen) atoms. The Morgan fingerprint density at radius 3 is 2.67 bits per heavy atom. The highest BCUT2D eigenvalue weighted by atomic mass is 127. The first kappa shape index (κ1) is 22.8. The standard InChI is InChI=1S/C21H30N6O2.HI/c1-22-21(26-9-8-19(16-26)25-11-13-29-14-12-25)23-15-17-7-10-27(24-17)18-3-5-20(28-2)6-4-18;/h3-7,10,19H,8-9,11-16H2,1-2H3,(H,22,23);1H. The van der Waals surface area contributed by atoms with Gasteiger partial charge in [0.1, 0.15) is 5.75 Å². The lowest BCUT2D eigenvalue weighted by atomic mass is 10.2. The third kappa shape index (κ3) is 5.44. The molecule has 2 aliphatic heterocycles. The van der Waals surface area contributed by atoms with E-state index in [9.17, 15) is 0 Å². The molecule has 164 valence electrons. The lowest BCUT2D eigenvalue weighted by Gasteiger charge is -2.32. The summed E-state index contributed by atoms with van der Waals surface area (Å²) in [5.74, 6) is 1.78. The Balaban J connectivity index is 0.00000256. The van der Waals surface area contributed by atoms with E-state index in [-0.39, 0.29) is 24.0 Å². The number of rotatable bonds is 5. The van der Waals surface area contributed by atoms with E-state index in [0.29, 0.717) is 12.6 Å². The zero-order chi connectivity index (χ0) is 20.1. The van der Waals surface area contributed by atoms with E-state index in [0.717, 1.165) is 62.5 Å². The fourth-order valence-electron chi connectivity index (χ4n) is 4.01. The Kier molecular flexibility index (Phi) is 8.34. The molecular weight excluding hydrogens is 495 g/mol. The number of ether oxygens (including phenoxy) is 2. The number of methoxy groups -OCH3 is 1. The van der Waals surface area contributed by atoms with Gasteiger partial charge in [0.2, 0.25) is 0 Å². The van der Waals surface area contributed by atoms with Crippen molar-refractivity contribution in [3.05, 3.63) is 42.2 Å². The van der Waals surface area contributed by atoms with Crippen LogP contribution in [0.5, 0.6) is 5.75 Å². The molecule has 0 radical (unpaired) electrons. The third-order valence-corrected chi connectivity index (χ3v) is 5.65. The van der Waals surface area contributed by atoms with Gasteiger partial charge in [0.05, 0.1) is 38.2 Å². The van der Waals surface area contributed by atoms with Crippen LogP contribution < -0.4 is 10.1 Å². The molecule has 0 aliphatic carbocycles. The van der Waals surface area contributed by atoms with Gasteiger partial charge >= 0.3 is 0 Å². The largest absolute Gasteiger partial charge is 0.497 e. The number of hydrogen-bond acceptors (Lipinski definition) is 5. The van der Waals surface area contributed by atoms with Crippen molar-refractivity contribution in [2.45, 2.75) is 19.0 Å². The summed E-state index contributed by atoms with van der Waals surface area (Å²) >= 11 is 0. The number of guanidine groups is 1. The Hall–Kier alpha value is -1.85. The molecule has 8 nitrogen and oxygen atoms in total. The van der Waals surface area contributed by atoms with Gasteiger partial charge in [-0.3, -0.25) is 9.89 Å². The summed E-state index contributed by atoms with van der Waals surface area (Å²) in [6.45, 7) is 6.46. The molecule has 3 heterocycles. The van der Waals surface area contributed by atoms with Crippen LogP contribution in [0.25, 0.3) is 5.69 Å². The summed E-state index contributed by atoms with van der Waals surface area (Å²) in [7, 11) is 3.52. The van der Waals surface area contributed by atoms with Crippen LogP contribution in [-0.4, -0.2) is 85.1 Å². The summed E-state index contributed by atoms with van der Waals surface area (Å²) in [6.07, 6.45) is 3.15. The van der Waals surface area contributed by atoms with Crippen molar-refractivity contribution in [2.24, 2.45) is 4.99 Å². The van der Waals surface area contributed by atoms with E-state index in [4.69, 9.17) is 9.47 Å². The monoisotopic (exact) mass is 526 g/mol. The summed E-state index contributed by atoms with van der Waals surface area (Å²) in [5.41, 5.74) is 1.99. The number of likely N-dealkylation sites (tertiary alicyclic amines) is 1. The van der Waals surface area contributed by atoms with Crippen molar-refractivity contribution in [1.82, 2.24) is 24.9 Å². The maximum absolute atomic E-state index is 5.48. The maximum Gasteiger partial charge on any atom is 0.194 e. The second-order valence-electron chi connectivity index (χ2n) is 7.39. The molecule has 2 fully saturated rings. The fraction of sp³-hybridized carbons (Fsp3) is 0.524. The molecule has 2 aliphatic rings. The molecular formula is C21H31IN6O2. The minimum Gasteiger partial charge on any atom is -0.497 e. The summed E-state index contributed by atoms with van der Waals surface area (Å²) in [6, 6.07) is 10.5. The average molecular weight is 526 g/mol. The number of nitrogens with one attached hydrogen (secondary N) is 1. The van der Waals surface area contributed by atoms with Gasteiger partial charge < -0.3 is 19.7 Å². The summed E-state index contributed by atoms with van der Waals surface area (Å²) in [5, 5.41) is 8.15. The third-order valence-electron chi connectivity index (χ3n) is 5.65. The number of nitrogens with zero attached hydrogens (tertiary/aromatic N) is 5. The van der Waals surface area contributed by atoms with Crippen molar-refractivity contribution in [3.63, 3.8) is 0 Å². The SMILES string of the molecule is CN=C(NCc1ccn(-c2ccc(OC)cc2)n1)N1CCC(N2CCOCC2)C1.I. The Morgan fingerprint density at radius 1 is 1.20 bits per heavy atom. The molecule has 1 atom stereocenters. The minimum atomic E-state index is 0. The zero-order valence-electron chi connectivity index (χ0n) is 17.7. The smallest absolute Gasteiger partial charge is 0.194 e. The van der Waals surface area contributed by atoms with Gasteiger partial charge in [-0.2, -0.15) is 5.10 Å². The first-order chi connectivity index (χ1) is 14.3. The van der Waals surface area contributed by atoms with E-state index in [1.807, 2.05) is 48.3 Å². The molecule has 0 bridgehead atoms. The van der Waals surface area contributed by atoms with Gasteiger partial charge in [-0.1, -0.05) is 0 Å². The molecule has 4 rings (SSSR count). The van der Waals surface area contributed by atoms with E-state index >= 15 is 0 Å². The summed E-state index contributed by atoms with van der Waals surface area (Å²) in [4.78, 5) is 9.39. The van der Waals surface area contributed by atoms with Gasteiger partial charge in [-0.25, -0.2) is 4.68 Å². The second-order valence-corrected chi connectivity index (χ2v) is 7.39. The number of halogens is 1. The maximum atomic E-state index is 5.48. The van der Waals surface area contributed by atoms with Crippen molar-refractivity contribution in [2.75, 3.05) is 53.6 Å². The highest BCUT2D eigenvalue weighted by Crippen LogP contribution is 2.17. The molecule has 1 unspecified atom stereocenters. The quantitative estimate of drug-likeness (QED) is 0.365. The zero-order valence-corrected chi connectivity index (χ0v) is 20.0. The predicted octanol–water partition coefficient (Wildman–Crippen LogP) is 1.98. The number of benzene rings is 1. The first-order valence-electron chi connectivity index (χ1n) is 10.2. The molecule has 1 aromatic carbocycles. The van der Waals surface area contributed by atoms with Gasteiger partial charge in [-0.05, 0) is 36.8 Å². The number of hydrogen-bond donors (Lipinski definition) is 1. The molecule has 0 amide bonds. The van der Waals surface area contributed by atoms with Crippen LogP contribution in [0, 0.1) is 0 Å². The van der Waals surface area contributed by atoms with Crippen LogP contribution in [-0.2, 0) is 11.3 Å². The van der Waals surface area contributed by atoms with Crippen molar-refractivity contribution >= 4 is 29.9 Å². The Labute approximate surface area is 195 Å². The summed E-state index contributed by atoms with van der Waals surface area (Å²) < 4.78 is 12.6. The molecule has 1 aromatic heterocycles. The van der Waals surface area contributed by atoms with Crippen molar-refractivity contribution < 1.29 is 9.47 Å². The van der Waals surface area contributed by atoms with E-state index in [2.05, 4.69) is 25.2 Å². The predicted molar refractivity (Wildman–Crippen MR) is 128 cm³/mol. The molecule has 0 spiro atoms. The number of morpholine rings is 1.